The van der Waals surface area contributed by atoms with Crippen LogP contribution >= 0.6 is 0 Å². The van der Waals surface area contributed by atoms with E-state index < -0.39 is 0 Å². The minimum Gasteiger partial charge on any atom is -0.392 e. The summed E-state index contributed by atoms with van der Waals surface area (Å²) in [5.41, 5.74) is 0.343. The van der Waals surface area contributed by atoms with Crippen LogP contribution in [0, 0.1) is 5.92 Å². The third kappa shape index (κ3) is 4.68. The summed E-state index contributed by atoms with van der Waals surface area (Å²) in [6, 6.07) is 0.682. The molecule has 3 unspecified atom stereocenters. The molecule has 0 spiro atoms. The minimum absolute atomic E-state index is 0.162. The maximum Gasteiger partial charge on any atom is 0.0696 e. The van der Waals surface area contributed by atoms with Crippen molar-refractivity contribution >= 4 is 0 Å². The molecule has 2 saturated heterocycles. The number of aliphatic hydroxyl groups is 1. The van der Waals surface area contributed by atoms with Gasteiger partial charge in [0, 0.05) is 36.8 Å². The molecule has 0 radical (unpaired) electrons. The molecule has 2 aliphatic rings. The van der Waals surface area contributed by atoms with E-state index in [0.29, 0.717) is 12.0 Å². The van der Waals surface area contributed by atoms with Crippen LogP contribution in [-0.2, 0) is 0 Å². The fraction of sp³-hybridized carbons (Fsp3) is 1.00. The van der Waals surface area contributed by atoms with E-state index in [1.54, 1.807) is 0 Å². The van der Waals surface area contributed by atoms with Gasteiger partial charge in [0.15, 0.2) is 0 Å². The lowest BCUT2D eigenvalue weighted by Gasteiger charge is -2.46. The van der Waals surface area contributed by atoms with E-state index in [-0.39, 0.29) is 17.2 Å². The van der Waals surface area contributed by atoms with Gasteiger partial charge in [-0.3, -0.25) is 9.80 Å². The van der Waals surface area contributed by atoms with Gasteiger partial charge in [0.1, 0.15) is 0 Å². The van der Waals surface area contributed by atoms with E-state index in [4.69, 9.17) is 0 Å². The first-order valence-electron chi connectivity index (χ1n) is 9.35. The van der Waals surface area contributed by atoms with Gasteiger partial charge in [-0.25, -0.2) is 0 Å². The highest BCUT2D eigenvalue weighted by molar-refractivity contribution is 4.95. The Labute approximate surface area is 143 Å². The van der Waals surface area contributed by atoms with Crippen molar-refractivity contribution in [3.05, 3.63) is 0 Å². The first-order chi connectivity index (χ1) is 10.5. The minimum atomic E-state index is -0.186. The van der Waals surface area contributed by atoms with Crippen molar-refractivity contribution in [2.45, 2.75) is 77.1 Å². The number of β-amino-alcohol motifs (C(OH)–C–C–N with tert-alkyl or cyclic N) is 1. The van der Waals surface area contributed by atoms with Crippen molar-refractivity contribution in [2.75, 3.05) is 40.3 Å². The number of hydrogen-bond donors (Lipinski definition) is 1. The molecule has 0 aliphatic carbocycles. The molecule has 2 rings (SSSR count). The fourth-order valence-corrected chi connectivity index (χ4v) is 4.31. The molecular weight excluding hydrogens is 286 g/mol. The van der Waals surface area contributed by atoms with Gasteiger partial charge in [-0.15, -0.1) is 0 Å². The number of rotatable bonds is 4. The summed E-state index contributed by atoms with van der Waals surface area (Å²) in [4.78, 5) is 7.42. The predicted molar refractivity (Wildman–Crippen MR) is 97.8 cm³/mol. The maximum absolute atomic E-state index is 10.7. The van der Waals surface area contributed by atoms with Gasteiger partial charge in [-0.2, -0.15) is 0 Å². The SMILES string of the molecule is CN(C)C1CCN(C(C)(C)CC2CCN(C(C)(C)C)CC2O)C1. The van der Waals surface area contributed by atoms with Crippen LogP contribution in [0.2, 0.25) is 0 Å². The predicted octanol–water partition coefficient (Wildman–Crippen LogP) is 2.27. The molecule has 0 aromatic rings. The van der Waals surface area contributed by atoms with Crippen LogP contribution in [-0.4, -0.2) is 83.3 Å². The van der Waals surface area contributed by atoms with E-state index in [9.17, 15) is 5.11 Å². The molecule has 2 fully saturated rings. The van der Waals surface area contributed by atoms with Gasteiger partial charge < -0.3 is 10.0 Å². The van der Waals surface area contributed by atoms with Crippen molar-refractivity contribution in [1.29, 1.82) is 0 Å². The van der Waals surface area contributed by atoms with Crippen molar-refractivity contribution in [1.82, 2.24) is 14.7 Å². The highest BCUT2D eigenvalue weighted by Gasteiger charge is 2.39. The van der Waals surface area contributed by atoms with E-state index in [0.717, 1.165) is 32.5 Å². The Morgan fingerprint density at radius 1 is 0.957 bits per heavy atom. The number of likely N-dealkylation sites (tertiary alicyclic amines) is 2. The summed E-state index contributed by atoms with van der Waals surface area (Å²) >= 11 is 0. The van der Waals surface area contributed by atoms with Gasteiger partial charge >= 0.3 is 0 Å². The molecule has 0 aromatic carbocycles. The van der Waals surface area contributed by atoms with Gasteiger partial charge in [-0.1, -0.05) is 0 Å². The lowest BCUT2D eigenvalue weighted by atomic mass is 9.81. The molecule has 23 heavy (non-hydrogen) atoms. The van der Waals surface area contributed by atoms with Crippen LogP contribution in [0.4, 0.5) is 0 Å². The molecule has 0 bridgehead atoms. The third-order valence-corrected chi connectivity index (χ3v) is 6.18. The van der Waals surface area contributed by atoms with Crippen LogP contribution in [0.5, 0.6) is 0 Å². The summed E-state index contributed by atoms with van der Waals surface area (Å²) in [7, 11) is 4.38. The highest BCUT2D eigenvalue weighted by Crippen LogP contribution is 2.34. The number of hydrogen-bond acceptors (Lipinski definition) is 4. The average Bonchev–Trinajstić information content (AvgIpc) is 2.90. The smallest absolute Gasteiger partial charge is 0.0696 e. The summed E-state index contributed by atoms with van der Waals surface area (Å²) in [5.74, 6) is 0.432. The van der Waals surface area contributed by atoms with Crippen LogP contribution in [0.15, 0.2) is 0 Å². The average molecular weight is 326 g/mol. The number of piperidine rings is 1. The van der Waals surface area contributed by atoms with Crippen LogP contribution < -0.4 is 0 Å². The molecule has 0 saturated carbocycles. The summed E-state index contributed by atoms with van der Waals surface area (Å²) in [6.45, 7) is 15.8. The zero-order valence-electron chi connectivity index (χ0n) is 16.5. The first kappa shape index (κ1) is 19.2. The molecule has 0 aromatic heterocycles. The zero-order valence-corrected chi connectivity index (χ0v) is 16.5. The number of nitrogens with zero attached hydrogens (tertiary/aromatic N) is 3. The van der Waals surface area contributed by atoms with Crippen LogP contribution in [0.1, 0.15) is 53.9 Å². The fourth-order valence-electron chi connectivity index (χ4n) is 4.31. The molecule has 0 amide bonds. The highest BCUT2D eigenvalue weighted by atomic mass is 16.3. The molecule has 1 N–H and O–H groups in total. The Kier molecular flexibility index (Phi) is 5.82. The van der Waals surface area contributed by atoms with Crippen molar-refractivity contribution < 1.29 is 5.11 Å². The Bertz CT molecular complexity index is 389. The second kappa shape index (κ2) is 6.99. The molecule has 2 aliphatic heterocycles. The third-order valence-electron chi connectivity index (χ3n) is 6.18. The topological polar surface area (TPSA) is 30.0 Å². The Balaban J connectivity index is 1.91. The lowest BCUT2D eigenvalue weighted by molar-refractivity contribution is -0.0335. The Hall–Kier alpha value is -0.160. The van der Waals surface area contributed by atoms with E-state index in [1.165, 1.54) is 13.0 Å². The Morgan fingerprint density at radius 2 is 1.57 bits per heavy atom. The molecule has 136 valence electrons. The van der Waals surface area contributed by atoms with Gasteiger partial charge in [0.25, 0.3) is 0 Å². The largest absolute Gasteiger partial charge is 0.392 e. The van der Waals surface area contributed by atoms with Crippen LogP contribution in [0.25, 0.3) is 0 Å². The normalized spacial score (nSPS) is 32.0. The van der Waals surface area contributed by atoms with E-state index >= 15 is 0 Å². The van der Waals surface area contributed by atoms with E-state index in [2.05, 4.69) is 63.4 Å². The Morgan fingerprint density at radius 3 is 2.04 bits per heavy atom. The van der Waals surface area contributed by atoms with Crippen molar-refractivity contribution in [3.8, 4) is 0 Å². The molecule has 3 atom stereocenters. The lowest BCUT2D eigenvalue weighted by Crippen LogP contribution is -2.54. The quantitative estimate of drug-likeness (QED) is 0.859. The van der Waals surface area contributed by atoms with Gasteiger partial charge in [0.2, 0.25) is 0 Å². The first-order valence-corrected chi connectivity index (χ1v) is 9.35. The van der Waals surface area contributed by atoms with Gasteiger partial charge in [-0.05, 0) is 80.4 Å². The zero-order chi connectivity index (χ0) is 17.4. The maximum atomic E-state index is 10.7. The molecule has 4 nitrogen and oxygen atoms in total. The standard InChI is InChI=1S/C19H39N3O/c1-18(2,3)21-10-8-15(17(23)14-21)12-19(4,5)22-11-9-16(13-22)20(6)7/h15-17,23H,8-14H2,1-7H3. The second-order valence-electron chi connectivity index (χ2n) is 9.60. The molecule has 4 heteroatoms. The number of likely N-dealkylation sites (N-methyl/N-ethyl adjacent to an activating group) is 1. The summed E-state index contributed by atoms with van der Waals surface area (Å²) in [5, 5.41) is 10.7. The second-order valence-corrected chi connectivity index (χ2v) is 9.60. The number of aliphatic hydroxyl groups excluding tert-OH is 1. The van der Waals surface area contributed by atoms with Crippen molar-refractivity contribution in [3.63, 3.8) is 0 Å². The van der Waals surface area contributed by atoms with Crippen LogP contribution in [0.3, 0.4) is 0 Å². The summed E-state index contributed by atoms with van der Waals surface area (Å²) in [6.07, 6.45) is 3.30. The molecular formula is C19H39N3O. The summed E-state index contributed by atoms with van der Waals surface area (Å²) < 4.78 is 0. The molecule has 2 heterocycles. The van der Waals surface area contributed by atoms with Gasteiger partial charge in [0.05, 0.1) is 6.10 Å². The van der Waals surface area contributed by atoms with Crippen molar-refractivity contribution in [2.24, 2.45) is 5.92 Å². The monoisotopic (exact) mass is 325 g/mol. The van der Waals surface area contributed by atoms with E-state index in [1.807, 2.05) is 0 Å².